The van der Waals surface area contributed by atoms with Crippen molar-refractivity contribution in [3.63, 3.8) is 0 Å². The van der Waals surface area contributed by atoms with Crippen LogP contribution in [0.5, 0.6) is 0 Å². The van der Waals surface area contributed by atoms with E-state index in [1.54, 1.807) is 0 Å². The summed E-state index contributed by atoms with van der Waals surface area (Å²) in [4.78, 5) is 0. The predicted octanol–water partition coefficient (Wildman–Crippen LogP) is 1.97. The number of nitrogens with two attached hydrogens (primary N) is 1. The molecule has 1 aliphatic rings. The fourth-order valence-corrected chi connectivity index (χ4v) is 2.51. The third-order valence-corrected chi connectivity index (χ3v) is 3.51. The largest absolute Gasteiger partial charge is 0.377 e. The normalized spacial score (nSPS) is 16.0. The number of hydrazine groups is 1. The minimum absolute atomic E-state index is 0.187. The Labute approximate surface area is 110 Å². The van der Waals surface area contributed by atoms with Crippen LogP contribution < -0.4 is 11.3 Å². The number of benzene rings is 1. The smallest absolute Gasteiger partial charge is 0.0639 e. The second-order valence-electron chi connectivity index (χ2n) is 5.41. The van der Waals surface area contributed by atoms with Crippen molar-refractivity contribution in [1.29, 1.82) is 0 Å². The van der Waals surface area contributed by atoms with E-state index in [4.69, 9.17) is 10.6 Å². The van der Waals surface area contributed by atoms with Gasteiger partial charge in [0.05, 0.1) is 12.7 Å². The zero-order valence-electron chi connectivity index (χ0n) is 11.4. The minimum atomic E-state index is 0.187. The summed E-state index contributed by atoms with van der Waals surface area (Å²) < 4.78 is 5.62. The van der Waals surface area contributed by atoms with Crippen LogP contribution in [0.1, 0.15) is 37.0 Å². The Kier molecular flexibility index (Phi) is 4.75. The van der Waals surface area contributed by atoms with E-state index in [1.807, 2.05) is 13.8 Å². The first-order valence-corrected chi connectivity index (χ1v) is 6.87. The van der Waals surface area contributed by atoms with Crippen LogP contribution in [-0.4, -0.2) is 18.8 Å². The molecule has 1 aromatic rings. The molecule has 0 fully saturated rings. The highest BCUT2D eigenvalue weighted by atomic mass is 16.5. The summed E-state index contributed by atoms with van der Waals surface area (Å²) in [6.07, 6.45) is 4.95. The van der Waals surface area contributed by atoms with Gasteiger partial charge in [0.25, 0.3) is 0 Å². The molecule has 0 aliphatic heterocycles. The molecule has 3 heteroatoms. The van der Waals surface area contributed by atoms with Gasteiger partial charge in [0.15, 0.2) is 0 Å². The van der Waals surface area contributed by atoms with Gasteiger partial charge >= 0.3 is 0 Å². The number of hydrogen-bond acceptors (Lipinski definition) is 3. The zero-order chi connectivity index (χ0) is 13.0. The molecule has 1 unspecified atom stereocenters. The number of aryl methyl sites for hydroxylation is 2. The molecule has 1 aromatic carbocycles. The molecule has 0 amide bonds. The summed E-state index contributed by atoms with van der Waals surface area (Å²) >= 11 is 0. The van der Waals surface area contributed by atoms with Crippen molar-refractivity contribution in [2.24, 2.45) is 5.84 Å². The molecule has 0 saturated heterocycles. The summed E-state index contributed by atoms with van der Waals surface area (Å²) in [6.45, 7) is 4.75. The van der Waals surface area contributed by atoms with Gasteiger partial charge in [-0.3, -0.25) is 11.3 Å². The van der Waals surface area contributed by atoms with Gasteiger partial charge in [-0.1, -0.05) is 18.2 Å². The molecule has 3 nitrogen and oxygen atoms in total. The van der Waals surface area contributed by atoms with Gasteiger partial charge in [-0.05, 0) is 56.2 Å². The molecule has 0 bridgehead atoms. The number of rotatable bonds is 6. The van der Waals surface area contributed by atoms with Crippen molar-refractivity contribution in [2.45, 2.75) is 51.7 Å². The predicted molar refractivity (Wildman–Crippen MR) is 74.4 cm³/mol. The minimum Gasteiger partial charge on any atom is -0.377 e. The fraction of sp³-hybridized carbons (Fsp3) is 0.600. The molecule has 100 valence electrons. The molecule has 0 heterocycles. The highest BCUT2D eigenvalue weighted by Gasteiger charge is 2.13. The van der Waals surface area contributed by atoms with Crippen LogP contribution in [0, 0.1) is 0 Å². The van der Waals surface area contributed by atoms with Crippen LogP contribution in [-0.2, 0) is 24.0 Å². The van der Waals surface area contributed by atoms with Crippen molar-refractivity contribution in [1.82, 2.24) is 5.43 Å². The molecule has 0 spiro atoms. The van der Waals surface area contributed by atoms with E-state index in [-0.39, 0.29) is 12.1 Å². The second-order valence-corrected chi connectivity index (χ2v) is 5.41. The van der Waals surface area contributed by atoms with Crippen molar-refractivity contribution in [3.05, 3.63) is 34.9 Å². The lowest BCUT2D eigenvalue weighted by Gasteiger charge is -2.18. The Hall–Kier alpha value is -0.900. The Morgan fingerprint density at radius 1 is 1.28 bits per heavy atom. The lowest BCUT2D eigenvalue weighted by molar-refractivity contribution is 0.0613. The SMILES string of the molecule is CC(C)OCC(Cc1ccc2c(c1)CCC2)NN. The van der Waals surface area contributed by atoms with E-state index in [0.29, 0.717) is 6.61 Å². The molecule has 18 heavy (non-hydrogen) atoms. The van der Waals surface area contributed by atoms with Gasteiger partial charge < -0.3 is 4.74 Å². The maximum absolute atomic E-state index is 5.62. The van der Waals surface area contributed by atoms with Crippen LogP contribution in [0.3, 0.4) is 0 Å². The standard InChI is InChI=1S/C15H24N2O/c1-11(2)18-10-15(17-16)9-12-6-7-13-4-3-5-14(13)8-12/h6-8,11,15,17H,3-5,9-10,16H2,1-2H3. The number of hydrogen-bond donors (Lipinski definition) is 2. The summed E-state index contributed by atoms with van der Waals surface area (Å²) in [6, 6.07) is 7.02. The van der Waals surface area contributed by atoms with E-state index in [0.717, 1.165) is 6.42 Å². The third kappa shape index (κ3) is 3.55. The molecule has 0 radical (unpaired) electrons. The molecule has 3 N–H and O–H groups in total. The first-order chi connectivity index (χ1) is 8.69. The molecular weight excluding hydrogens is 224 g/mol. The van der Waals surface area contributed by atoms with Gasteiger partial charge in [-0.25, -0.2) is 0 Å². The molecule has 0 saturated carbocycles. The Morgan fingerprint density at radius 3 is 2.78 bits per heavy atom. The van der Waals surface area contributed by atoms with E-state index >= 15 is 0 Å². The van der Waals surface area contributed by atoms with Crippen molar-refractivity contribution in [3.8, 4) is 0 Å². The van der Waals surface area contributed by atoms with E-state index in [9.17, 15) is 0 Å². The lowest BCUT2D eigenvalue weighted by Crippen LogP contribution is -2.40. The summed E-state index contributed by atoms with van der Waals surface area (Å²) in [5, 5.41) is 0. The van der Waals surface area contributed by atoms with Gasteiger partial charge in [-0.2, -0.15) is 0 Å². The van der Waals surface area contributed by atoms with Crippen molar-refractivity contribution < 1.29 is 4.74 Å². The van der Waals surface area contributed by atoms with Gasteiger partial charge in [0, 0.05) is 6.04 Å². The highest BCUT2D eigenvalue weighted by Crippen LogP contribution is 2.23. The summed E-state index contributed by atoms with van der Waals surface area (Å²) in [7, 11) is 0. The zero-order valence-corrected chi connectivity index (χ0v) is 11.4. The van der Waals surface area contributed by atoms with E-state index in [2.05, 4.69) is 23.6 Å². The first kappa shape index (κ1) is 13.5. The number of fused-ring (bicyclic) bond motifs is 1. The summed E-state index contributed by atoms with van der Waals surface area (Å²) in [5.41, 5.74) is 7.25. The fourth-order valence-electron chi connectivity index (χ4n) is 2.51. The number of nitrogens with one attached hydrogen (secondary N) is 1. The van der Waals surface area contributed by atoms with Crippen LogP contribution in [0.2, 0.25) is 0 Å². The highest BCUT2D eigenvalue weighted by molar-refractivity contribution is 5.35. The van der Waals surface area contributed by atoms with Gasteiger partial charge in [-0.15, -0.1) is 0 Å². The van der Waals surface area contributed by atoms with Crippen molar-refractivity contribution >= 4 is 0 Å². The molecule has 2 rings (SSSR count). The molecule has 1 atom stereocenters. The lowest BCUT2D eigenvalue weighted by atomic mass is 10.0. The maximum Gasteiger partial charge on any atom is 0.0639 e. The molecule has 0 aromatic heterocycles. The molecule has 1 aliphatic carbocycles. The monoisotopic (exact) mass is 248 g/mol. The first-order valence-electron chi connectivity index (χ1n) is 6.87. The Morgan fingerprint density at radius 2 is 2.06 bits per heavy atom. The third-order valence-electron chi connectivity index (χ3n) is 3.51. The van der Waals surface area contributed by atoms with Crippen LogP contribution in [0.25, 0.3) is 0 Å². The van der Waals surface area contributed by atoms with Crippen molar-refractivity contribution in [2.75, 3.05) is 6.61 Å². The summed E-state index contributed by atoms with van der Waals surface area (Å²) in [5.74, 6) is 5.59. The van der Waals surface area contributed by atoms with Crippen LogP contribution >= 0.6 is 0 Å². The maximum atomic E-state index is 5.62. The molecular formula is C15H24N2O. The van der Waals surface area contributed by atoms with Gasteiger partial charge in [0.1, 0.15) is 0 Å². The van der Waals surface area contributed by atoms with Crippen LogP contribution in [0.4, 0.5) is 0 Å². The van der Waals surface area contributed by atoms with Gasteiger partial charge in [0.2, 0.25) is 0 Å². The number of ether oxygens (including phenoxy) is 1. The Balaban J connectivity index is 1.94. The average molecular weight is 248 g/mol. The van der Waals surface area contributed by atoms with E-state index in [1.165, 1.54) is 36.0 Å². The topological polar surface area (TPSA) is 47.3 Å². The van der Waals surface area contributed by atoms with Crippen LogP contribution in [0.15, 0.2) is 18.2 Å². The van der Waals surface area contributed by atoms with E-state index < -0.39 is 0 Å². The quantitative estimate of drug-likeness (QED) is 0.598. The average Bonchev–Trinajstić information content (AvgIpc) is 2.81. The second kappa shape index (κ2) is 6.32. The Bertz CT molecular complexity index is 390.